The van der Waals surface area contributed by atoms with Gasteiger partial charge in [-0.2, -0.15) is 4.31 Å². The van der Waals surface area contributed by atoms with Crippen LogP contribution in [0.5, 0.6) is 0 Å². The first-order valence-corrected chi connectivity index (χ1v) is 11.7. The van der Waals surface area contributed by atoms with Crippen molar-refractivity contribution < 1.29 is 32.3 Å². The molecule has 0 saturated carbocycles. The van der Waals surface area contributed by atoms with E-state index in [1.807, 2.05) is 0 Å². The van der Waals surface area contributed by atoms with Crippen molar-refractivity contribution in [1.29, 1.82) is 0 Å². The predicted octanol–water partition coefficient (Wildman–Crippen LogP) is 1.10. The third-order valence-corrected chi connectivity index (χ3v) is 6.61. The molecule has 10 nitrogen and oxygen atoms in total. The van der Waals surface area contributed by atoms with Crippen LogP contribution in [0.15, 0.2) is 59.5 Å². The number of ether oxygens (including phenoxy) is 2. The number of carbonyl (C=O) groups excluding carboxylic acids is 3. The van der Waals surface area contributed by atoms with Gasteiger partial charge in [-0.15, -0.1) is 0 Å². The van der Waals surface area contributed by atoms with E-state index in [-0.39, 0.29) is 35.8 Å². The zero-order valence-electron chi connectivity index (χ0n) is 18.2. The van der Waals surface area contributed by atoms with Crippen molar-refractivity contribution in [3.05, 3.63) is 65.7 Å². The summed E-state index contributed by atoms with van der Waals surface area (Å²) in [6.07, 6.45) is -0.505. The van der Waals surface area contributed by atoms with Gasteiger partial charge in [0, 0.05) is 18.7 Å². The molecule has 2 N–H and O–H groups in total. The molecule has 0 aromatic heterocycles. The van der Waals surface area contributed by atoms with E-state index in [1.165, 1.54) is 28.6 Å². The summed E-state index contributed by atoms with van der Waals surface area (Å²) in [4.78, 5) is 36.1. The molecule has 2 amide bonds. The number of amides is 2. The van der Waals surface area contributed by atoms with Crippen LogP contribution in [0, 0.1) is 0 Å². The van der Waals surface area contributed by atoms with Gasteiger partial charge in [-0.25, -0.2) is 13.2 Å². The van der Waals surface area contributed by atoms with Crippen LogP contribution in [-0.4, -0.2) is 62.4 Å². The van der Waals surface area contributed by atoms with Crippen LogP contribution < -0.4 is 10.9 Å². The average molecular weight is 476 g/mol. The maximum Gasteiger partial charge on any atom is 0.338 e. The number of sulfonamides is 1. The van der Waals surface area contributed by atoms with Crippen molar-refractivity contribution >= 4 is 27.8 Å². The molecule has 3 rings (SSSR count). The molecule has 0 aliphatic carbocycles. The minimum Gasteiger partial charge on any atom is -0.452 e. The second-order valence-electron chi connectivity index (χ2n) is 7.55. The van der Waals surface area contributed by atoms with Gasteiger partial charge < -0.3 is 9.47 Å². The first-order valence-electron chi connectivity index (χ1n) is 10.2. The maximum absolute atomic E-state index is 13.0. The van der Waals surface area contributed by atoms with Crippen molar-refractivity contribution in [2.75, 3.05) is 19.7 Å². The smallest absolute Gasteiger partial charge is 0.338 e. The number of rotatable bonds is 6. The van der Waals surface area contributed by atoms with Gasteiger partial charge in [0.2, 0.25) is 10.0 Å². The summed E-state index contributed by atoms with van der Waals surface area (Å²) in [5, 5.41) is 0. The third-order valence-electron chi connectivity index (χ3n) is 4.78. The van der Waals surface area contributed by atoms with Gasteiger partial charge in [0.1, 0.15) is 0 Å². The highest BCUT2D eigenvalue weighted by Crippen LogP contribution is 2.22. The zero-order valence-corrected chi connectivity index (χ0v) is 19.0. The summed E-state index contributed by atoms with van der Waals surface area (Å²) in [7, 11) is -3.84. The Hall–Kier alpha value is -3.28. The molecule has 0 bridgehead atoms. The van der Waals surface area contributed by atoms with Crippen molar-refractivity contribution in [3.63, 3.8) is 0 Å². The number of benzene rings is 2. The van der Waals surface area contributed by atoms with Gasteiger partial charge in [0.25, 0.3) is 11.8 Å². The first kappa shape index (κ1) is 24.4. The summed E-state index contributed by atoms with van der Waals surface area (Å²) in [5.41, 5.74) is 4.68. The lowest BCUT2D eigenvalue weighted by Crippen LogP contribution is -2.48. The van der Waals surface area contributed by atoms with Crippen molar-refractivity contribution in [2.45, 2.75) is 31.0 Å². The van der Waals surface area contributed by atoms with Crippen LogP contribution in [0.4, 0.5) is 0 Å². The lowest BCUT2D eigenvalue weighted by atomic mass is 10.2. The minimum absolute atomic E-state index is 0.0217. The van der Waals surface area contributed by atoms with Crippen LogP contribution >= 0.6 is 0 Å². The number of morpholine rings is 1. The molecule has 0 spiro atoms. The van der Waals surface area contributed by atoms with Crippen LogP contribution in [0.2, 0.25) is 0 Å². The molecule has 1 aliphatic rings. The van der Waals surface area contributed by atoms with Gasteiger partial charge in [-0.3, -0.25) is 20.4 Å². The second kappa shape index (κ2) is 10.6. The van der Waals surface area contributed by atoms with Gasteiger partial charge in [0.15, 0.2) is 6.61 Å². The Balaban J connectivity index is 1.57. The summed E-state index contributed by atoms with van der Waals surface area (Å²) in [6.45, 7) is 3.33. The van der Waals surface area contributed by atoms with Gasteiger partial charge >= 0.3 is 5.97 Å². The molecule has 176 valence electrons. The van der Waals surface area contributed by atoms with Crippen molar-refractivity contribution in [2.24, 2.45) is 0 Å². The highest BCUT2D eigenvalue weighted by molar-refractivity contribution is 7.89. The average Bonchev–Trinajstić information content (AvgIpc) is 2.81. The molecule has 2 atom stereocenters. The normalized spacial score (nSPS) is 18.8. The fourth-order valence-electron chi connectivity index (χ4n) is 3.30. The van der Waals surface area contributed by atoms with Crippen LogP contribution in [0.1, 0.15) is 34.6 Å². The van der Waals surface area contributed by atoms with Crippen molar-refractivity contribution in [3.8, 4) is 0 Å². The Morgan fingerprint density at radius 1 is 0.970 bits per heavy atom. The van der Waals surface area contributed by atoms with E-state index in [0.717, 1.165) is 0 Å². The lowest BCUT2D eigenvalue weighted by Gasteiger charge is -2.34. The lowest BCUT2D eigenvalue weighted by molar-refractivity contribution is -0.125. The highest BCUT2D eigenvalue weighted by Gasteiger charge is 2.32. The van der Waals surface area contributed by atoms with E-state index in [4.69, 9.17) is 9.47 Å². The van der Waals surface area contributed by atoms with Crippen molar-refractivity contribution in [1.82, 2.24) is 15.2 Å². The first-order chi connectivity index (χ1) is 15.7. The number of hydrogen-bond acceptors (Lipinski definition) is 7. The molecule has 1 fully saturated rings. The van der Waals surface area contributed by atoms with Crippen LogP contribution in [0.3, 0.4) is 0 Å². The third kappa shape index (κ3) is 6.37. The molecule has 1 aliphatic heterocycles. The second-order valence-corrected chi connectivity index (χ2v) is 9.49. The number of nitrogens with zero attached hydrogens (tertiary/aromatic N) is 1. The molecule has 1 saturated heterocycles. The fraction of sp³-hybridized carbons (Fsp3) is 0.318. The Kier molecular flexibility index (Phi) is 7.79. The molecule has 2 aromatic carbocycles. The van der Waals surface area contributed by atoms with Crippen LogP contribution in [0.25, 0.3) is 0 Å². The maximum atomic E-state index is 13.0. The monoisotopic (exact) mass is 475 g/mol. The molecular weight excluding hydrogens is 450 g/mol. The van der Waals surface area contributed by atoms with E-state index in [1.54, 1.807) is 44.2 Å². The SMILES string of the molecule is CC1CN(S(=O)(=O)c2cccc(C(=O)OCC(=O)NNC(=O)c3ccccc3)c2)CC(C)O1. The van der Waals surface area contributed by atoms with E-state index in [0.29, 0.717) is 5.56 Å². The van der Waals surface area contributed by atoms with Gasteiger partial charge in [0.05, 0.1) is 22.7 Å². The fourth-order valence-corrected chi connectivity index (χ4v) is 4.94. The van der Waals surface area contributed by atoms with E-state index < -0.39 is 34.4 Å². The summed E-state index contributed by atoms with van der Waals surface area (Å²) in [6, 6.07) is 13.6. The highest BCUT2D eigenvalue weighted by atomic mass is 32.2. The molecule has 0 radical (unpaired) electrons. The summed E-state index contributed by atoms with van der Waals surface area (Å²) in [5.74, 6) is -2.16. The topological polar surface area (TPSA) is 131 Å². The van der Waals surface area contributed by atoms with E-state index in [9.17, 15) is 22.8 Å². The van der Waals surface area contributed by atoms with Gasteiger partial charge in [-0.1, -0.05) is 24.3 Å². The molecule has 2 unspecified atom stereocenters. The molecule has 1 heterocycles. The summed E-state index contributed by atoms with van der Waals surface area (Å²) < 4.78 is 37.8. The quantitative estimate of drug-likeness (QED) is 0.472. The zero-order chi connectivity index (χ0) is 24.0. The number of nitrogens with one attached hydrogen (secondary N) is 2. The van der Waals surface area contributed by atoms with E-state index >= 15 is 0 Å². The number of hydrogen-bond donors (Lipinski definition) is 2. The number of carbonyl (C=O) groups is 3. The summed E-state index contributed by atoms with van der Waals surface area (Å²) >= 11 is 0. The number of esters is 1. The molecule has 11 heteroatoms. The number of hydrazine groups is 1. The minimum atomic E-state index is -3.84. The standard InChI is InChI=1S/C22H25N3O7S/c1-15-12-25(13-16(2)32-15)33(29,30)19-10-6-9-18(11-19)22(28)31-14-20(26)23-24-21(27)17-7-4-3-5-8-17/h3-11,15-16H,12-14H2,1-2H3,(H,23,26)(H,24,27). The Morgan fingerprint density at radius 3 is 2.27 bits per heavy atom. The largest absolute Gasteiger partial charge is 0.452 e. The molecular formula is C22H25N3O7S. The van der Waals surface area contributed by atoms with E-state index in [2.05, 4.69) is 10.9 Å². The molecule has 33 heavy (non-hydrogen) atoms. The Bertz CT molecular complexity index is 1110. The van der Waals surface area contributed by atoms with Gasteiger partial charge in [-0.05, 0) is 44.2 Å². The Morgan fingerprint density at radius 2 is 1.61 bits per heavy atom. The predicted molar refractivity (Wildman–Crippen MR) is 118 cm³/mol. The Labute approximate surface area is 191 Å². The van der Waals surface area contributed by atoms with Crippen LogP contribution in [-0.2, 0) is 24.3 Å². The molecule has 2 aromatic rings.